The maximum Gasteiger partial charge on any atom is 0.164 e. The molecule has 0 saturated heterocycles. The minimum absolute atomic E-state index is 0.00664. The average molecular weight is 377 g/mol. The molecule has 0 radical (unpaired) electrons. The predicted molar refractivity (Wildman–Crippen MR) is 114 cm³/mol. The lowest BCUT2D eigenvalue weighted by Gasteiger charge is -2.23. The highest BCUT2D eigenvalue weighted by atomic mass is 16.5. The normalized spacial score (nSPS) is 11.6. The first-order valence-electron chi connectivity index (χ1n) is 9.21. The molecular formula is C24H27NO3. The Morgan fingerprint density at radius 1 is 0.643 bits per heavy atom. The van der Waals surface area contributed by atoms with Gasteiger partial charge in [0.1, 0.15) is 5.75 Å². The van der Waals surface area contributed by atoms with E-state index in [9.17, 15) is 0 Å². The molecule has 1 atom stereocenters. The Kier molecular flexibility index (Phi) is 6.09. The highest BCUT2D eigenvalue weighted by Gasteiger charge is 2.23. The van der Waals surface area contributed by atoms with Gasteiger partial charge in [-0.15, -0.1) is 0 Å². The van der Waals surface area contributed by atoms with Gasteiger partial charge in [0.05, 0.1) is 21.3 Å². The molecule has 0 N–H and O–H groups in total. The lowest BCUT2D eigenvalue weighted by atomic mass is 9.84. The van der Waals surface area contributed by atoms with Gasteiger partial charge in [0.2, 0.25) is 0 Å². The molecule has 3 aromatic carbocycles. The minimum atomic E-state index is 0.00664. The third-order valence-corrected chi connectivity index (χ3v) is 4.92. The Balaban J connectivity index is 2.20. The second kappa shape index (κ2) is 8.70. The molecule has 28 heavy (non-hydrogen) atoms. The zero-order valence-corrected chi connectivity index (χ0v) is 17.1. The van der Waals surface area contributed by atoms with Crippen molar-refractivity contribution in [2.75, 3.05) is 40.3 Å². The Hall–Kier alpha value is -3.14. The number of hydrogen-bond donors (Lipinski definition) is 0. The average Bonchev–Trinajstić information content (AvgIpc) is 2.74. The minimum Gasteiger partial charge on any atom is -0.496 e. The van der Waals surface area contributed by atoms with Gasteiger partial charge in [-0.2, -0.15) is 0 Å². The van der Waals surface area contributed by atoms with Gasteiger partial charge in [-0.25, -0.2) is 0 Å². The largest absolute Gasteiger partial charge is 0.496 e. The fourth-order valence-corrected chi connectivity index (χ4v) is 3.44. The molecule has 0 aliphatic rings. The standard InChI is InChI=1S/C24H27NO3/c1-25(2)19-13-11-18(12-14-19)24(17-9-7-6-8-10-17)20-15-22(27-4)23(28-5)16-21(20)26-3/h6-16,24H,1-5H3. The van der Waals surface area contributed by atoms with Crippen LogP contribution in [0.4, 0.5) is 5.69 Å². The summed E-state index contributed by atoms with van der Waals surface area (Å²) in [6.45, 7) is 0. The summed E-state index contributed by atoms with van der Waals surface area (Å²) in [7, 11) is 9.05. The molecular weight excluding hydrogens is 350 g/mol. The Morgan fingerprint density at radius 2 is 1.18 bits per heavy atom. The van der Waals surface area contributed by atoms with Crippen LogP contribution in [0.2, 0.25) is 0 Å². The van der Waals surface area contributed by atoms with Gasteiger partial charge in [0, 0.05) is 37.3 Å². The smallest absolute Gasteiger partial charge is 0.164 e. The highest BCUT2D eigenvalue weighted by molar-refractivity contribution is 5.58. The molecule has 0 heterocycles. The maximum atomic E-state index is 5.73. The molecule has 146 valence electrons. The SMILES string of the molecule is COc1cc(OC)c(C(c2ccccc2)c2ccc(N(C)C)cc2)cc1OC. The first-order valence-corrected chi connectivity index (χ1v) is 9.21. The molecule has 0 spiro atoms. The second-order valence-corrected chi connectivity index (χ2v) is 6.78. The van der Waals surface area contributed by atoms with Crippen LogP contribution in [0.1, 0.15) is 22.6 Å². The highest BCUT2D eigenvalue weighted by Crippen LogP contribution is 2.43. The first kappa shape index (κ1) is 19.6. The molecule has 3 rings (SSSR count). The third-order valence-electron chi connectivity index (χ3n) is 4.92. The Labute approximate surface area is 167 Å². The summed E-state index contributed by atoms with van der Waals surface area (Å²) in [5.74, 6) is 2.11. The van der Waals surface area contributed by atoms with Gasteiger partial charge in [0.15, 0.2) is 11.5 Å². The summed E-state index contributed by atoms with van der Waals surface area (Å²) >= 11 is 0. The van der Waals surface area contributed by atoms with Crippen LogP contribution in [0, 0.1) is 0 Å². The number of nitrogens with zero attached hydrogens (tertiary/aromatic N) is 1. The summed E-state index contributed by atoms with van der Waals surface area (Å²) < 4.78 is 16.7. The number of benzene rings is 3. The van der Waals surface area contributed by atoms with E-state index in [-0.39, 0.29) is 5.92 Å². The van der Waals surface area contributed by atoms with E-state index in [1.165, 1.54) is 11.1 Å². The van der Waals surface area contributed by atoms with E-state index >= 15 is 0 Å². The molecule has 0 amide bonds. The Bertz CT molecular complexity index is 905. The summed E-state index contributed by atoms with van der Waals surface area (Å²) in [6.07, 6.45) is 0. The van der Waals surface area contributed by atoms with Crippen molar-refractivity contribution in [1.29, 1.82) is 0 Å². The quantitative estimate of drug-likeness (QED) is 0.545. The molecule has 0 fully saturated rings. The number of rotatable bonds is 7. The van der Waals surface area contributed by atoms with E-state index in [1.54, 1.807) is 21.3 Å². The fraction of sp³-hybridized carbons (Fsp3) is 0.250. The molecule has 1 unspecified atom stereocenters. The van der Waals surface area contributed by atoms with E-state index < -0.39 is 0 Å². The van der Waals surface area contributed by atoms with E-state index in [2.05, 4.69) is 53.4 Å². The lowest BCUT2D eigenvalue weighted by molar-refractivity contribution is 0.347. The summed E-state index contributed by atoms with van der Waals surface area (Å²) in [5, 5.41) is 0. The predicted octanol–water partition coefficient (Wildman–Crippen LogP) is 4.96. The summed E-state index contributed by atoms with van der Waals surface area (Å²) in [5.41, 5.74) is 4.56. The van der Waals surface area contributed by atoms with E-state index in [0.717, 1.165) is 17.0 Å². The summed E-state index contributed by atoms with van der Waals surface area (Å²) in [4.78, 5) is 2.10. The number of hydrogen-bond acceptors (Lipinski definition) is 4. The number of ether oxygens (including phenoxy) is 3. The van der Waals surface area contributed by atoms with Gasteiger partial charge in [0.25, 0.3) is 0 Å². The monoisotopic (exact) mass is 377 g/mol. The third kappa shape index (κ3) is 3.91. The van der Waals surface area contributed by atoms with Crippen LogP contribution in [0.25, 0.3) is 0 Å². The molecule has 4 heteroatoms. The molecule has 4 nitrogen and oxygen atoms in total. The summed E-state index contributed by atoms with van der Waals surface area (Å²) in [6, 6.07) is 22.9. The van der Waals surface area contributed by atoms with Crippen molar-refractivity contribution in [2.45, 2.75) is 5.92 Å². The van der Waals surface area contributed by atoms with Crippen LogP contribution in [-0.2, 0) is 0 Å². The zero-order chi connectivity index (χ0) is 20.1. The Morgan fingerprint density at radius 3 is 1.71 bits per heavy atom. The van der Waals surface area contributed by atoms with Crippen molar-refractivity contribution in [3.05, 3.63) is 83.4 Å². The van der Waals surface area contributed by atoms with Crippen molar-refractivity contribution >= 4 is 5.69 Å². The van der Waals surface area contributed by atoms with Gasteiger partial charge in [-0.1, -0.05) is 42.5 Å². The maximum absolute atomic E-state index is 5.73. The number of methoxy groups -OCH3 is 3. The topological polar surface area (TPSA) is 30.9 Å². The first-order chi connectivity index (χ1) is 13.6. The van der Waals surface area contributed by atoms with E-state index in [0.29, 0.717) is 11.5 Å². The fourth-order valence-electron chi connectivity index (χ4n) is 3.44. The zero-order valence-electron chi connectivity index (χ0n) is 17.1. The molecule has 0 aliphatic heterocycles. The number of anilines is 1. The van der Waals surface area contributed by atoms with E-state index in [1.807, 2.05) is 32.3 Å². The van der Waals surface area contributed by atoms with Crippen LogP contribution in [-0.4, -0.2) is 35.4 Å². The van der Waals surface area contributed by atoms with Gasteiger partial charge >= 0.3 is 0 Å². The molecule has 0 bridgehead atoms. The van der Waals surface area contributed by atoms with Crippen molar-refractivity contribution in [3.63, 3.8) is 0 Å². The van der Waals surface area contributed by atoms with Crippen LogP contribution in [0.5, 0.6) is 17.2 Å². The van der Waals surface area contributed by atoms with Crippen LogP contribution in [0.3, 0.4) is 0 Å². The molecule has 0 aromatic heterocycles. The van der Waals surface area contributed by atoms with Crippen molar-refractivity contribution in [2.24, 2.45) is 0 Å². The second-order valence-electron chi connectivity index (χ2n) is 6.78. The molecule has 0 saturated carbocycles. The molecule has 3 aromatic rings. The van der Waals surface area contributed by atoms with Crippen molar-refractivity contribution in [1.82, 2.24) is 0 Å². The van der Waals surface area contributed by atoms with Gasteiger partial charge in [-0.3, -0.25) is 0 Å². The molecule has 0 aliphatic carbocycles. The van der Waals surface area contributed by atoms with Crippen LogP contribution in [0.15, 0.2) is 66.7 Å². The van der Waals surface area contributed by atoms with Crippen LogP contribution < -0.4 is 19.1 Å². The van der Waals surface area contributed by atoms with Crippen molar-refractivity contribution in [3.8, 4) is 17.2 Å². The van der Waals surface area contributed by atoms with Gasteiger partial charge < -0.3 is 19.1 Å². The lowest BCUT2D eigenvalue weighted by Crippen LogP contribution is -2.10. The van der Waals surface area contributed by atoms with E-state index in [4.69, 9.17) is 14.2 Å². The van der Waals surface area contributed by atoms with Gasteiger partial charge in [-0.05, 0) is 29.3 Å². The van der Waals surface area contributed by atoms with Crippen molar-refractivity contribution < 1.29 is 14.2 Å². The van der Waals surface area contributed by atoms with Crippen LogP contribution >= 0.6 is 0 Å².